The van der Waals surface area contributed by atoms with E-state index in [9.17, 15) is 10.1 Å². The van der Waals surface area contributed by atoms with Gasteiger partial charge in [-0.15, -0.1) is 0 Å². The van der Waals surface area contributed by atoms with E-state index in [2.05, 4.69) is 10.3 Å². The Bertz CT molecular complexity index is 1410. The summed E-state index contributed by atoms with van der Waals surface area (Å²) in [4.78, 5) is 10.8. The van der Waals surface area contributed by atoms with E-state index in [0.29, 0.717) is 34.0 Å². The lowest BCUT2D eigenvalue weighted by Crippen LogP contribution is -2.07. The maximum absolute atomic E-state index is 10.8. The van der Waals surface area contributed by atoms with Crippen molar-refractivity contribution in [3.05, 3.63) is 76.5 Å². The van der Waals surface area contributed by atoms with Crippen LogP contribution in [0.15, 0.2) is 75.4 Å². The van der Waals surface area contributed by atoms with Crippen LogP contribution in [-0.4, -0.2) is 26.5 Å². The summed E-state index contributed by atoms with van der Waals surface area (Å²) in [5.41, 5.74) is 1.89. The first kappa shape index (κ1) is 23.6. The third-order valence-electron chi connectivity index (χ3n) is 5.56. The molecule has 1 heterocycles. The molecule has 0 saturated heterocycles. The van der Waals surface area contributed by atoms with Crippen LogP contribution in [-0.2, 0) is 0 Å². The highest BCUT2D eigenvalue weighted by molar-refractivity contribution is 5.90. The summed E-state index contributed by atoms with van der Waals surface area (Å²) in [6, 6.07) is 17.0. The minimum absolute atomic E-state index is 0.225. The van der Waals surface area contributed by atoms with Crippen molar-refractivity contribution in [1.82, 2.24) is 0 Å². The summed E-state index contributed by atoms with van der Waals surface area (Å²) >= 11 is 0. The van der Waals surface area contributed by atoms with E-state index >= 15 is 0 Å². The molecule has 1 unspecified atom stereocenters. The molecule has 0 saturated carbocycles. The highest BCUT2D eigenvalue weighted by atomic mass is 16.5. The van der Waals surface area contributed by atoms with Crippen LogP contribution in [0, 0.1) is 4.91 Å². The number of nitrogens with zero attached hydrogens (tertiary/aromatic N) is 2. The minimum Gasteiger partial charge on any atom is -0.497 e. The number of hydrogen-bond acceptors (Lipinski definition) is 9. The number of rotatable bonds is 8. The van der Waals surface area contributed by atoms with Crippen LogP contribution >= 0.6 is 0 Å². The van der Waals surface area contributed by atoms with Gasteiger partial charge in [-0.25, -0.2) is 0 Å². The van der Waals surface area contributed by atoms with Gasteiger partial charge in [-0.1, -0.05) is 22.5 Å². The Labute approximate surface area is 201 Å². The molecule has 0 amide bonds. The molecule has 4 rings (SSSR count). The van der Waals surface area contributed by atoms with Crippen LogP contribution < -0.4 is 24.3 Å². The third kappa shape index (κ3) is 4.61. The van der Waals surface area contributed by atoms with Crippen molar-refractivity contribution in [3.63, 3.8) is 0 Å². The van der Waals surface area contributed by atoms with Gasteiger partial charge in [-0.2, -0.15) is 4.91 Å². The van der Waals surface area contributed by atoms with Crippen LogP contribution in [0.3, 0.4) is 0 Å². The monoisotopic (exact) mass is 476 g/mol. The highest BCUT2D eigenvalue weighted by Gasteiger charge is 2.22. The molecule has 4 aromatic rings. The molecule has 0 aliphatic rings. The van der Waals surface area contributed by atoms with Gasteiger partial charge < -0.3 is 28.6 Å². The van der Waals surface area contributed by atoms with Crippen molar-refractivity contribution < 1.29 is 28.6 Å². The lowest BCUT2D eigenvalue weighted by Gasteiger charge is -2.17. The number of methoxy groups -OCH3 is 3. The topological polar surface area (TPSA) is 112 Å². The standard InChI is InChI=1S/C26H24N2O7/c1-15(27-29)16-5-11-19(12-6-16)34-25-23(32-3)14-22-24(26(25)33-4)20(28-30)13-21(35-22)17-7-9-18(31-2)10-8-17/h5-15,30H,1-4H3. The number of ether oxygens (including phenoxy) is 4. The van der Waals surface area contributed by atoms with Gasteiger partial charge in [-0.05, 0) is 48.9 Å². The van der Waals surface area contributed by atoms with Crippen molar-refractivity contribution in [2.75, 3.05) is 21.3 Å². The number of fused-ring (bicyclic) bond motifs is 1. The molecule has 180 valence electrons. The summed E-state index contributed by atoms with van der Waals surface area (Å²) in [6.07, 6.45) is 0. The van der Waals surface area contributed by atoms with Crippen molar-refractivity contribution in [2.45, 2.75) is 13.0 Å². The third-order valence-corrected chi connectivity index (χ3v) is 5.56. The quantitative estimate of drug-likeness (QED) is 0.188. The fraction of sp³-hybridized carbons (Fsp3) is 0.192. The maximum Gasteiger partial charge on any atom is 0.212 e. The van der Waals surface area contributed by atoms with E-state index in [4.69, 9.17) is 23.4 Å². The molecule has 0 spiro atoms. The molecule has 0 fully saturated rings. The molecular formula is C26H24N2O7. The Morgan fingerprint density at radius 2 is 1.54 bits per heavy atom. The molecule has 0 aliphatic carbocycles. The Kier molecular flexibility index (Phi) is 6.86. The zero-order valence-electron chi connectivity index (χ0n) is 19.6. The van der Waals surface area contributed by atoms with Crippen LogP contribution in [0.25, 0.3) is 22.3 Å². The molecule has 9 nitrogen and oxygen atoms in total. The largest absolute Gasteiger partial charge is 0.497 e. The van der Waals surface area contributed by atoms with Gasteiger partial charge in [0.1, 0.15) is 34.2 Å². The smallest absolute Gasteiger partial charge is 0.212 e. The number of benzene rings is 3. The van der Waals surface area contributed by atoms with Gasteiger partial charge in [0.05, 0.1) is 26.7 Å². The summed E-state index contributed by atoms with van der Waals surface area (Å²) in [5, 5.41) is 17.0. The van der Waals surface area contributed by atoms with E-state index in [1.807, 2.05) is 12.1 Å². The van der Waals surface area contributed by atoms with E-state index in [1.54, 1.807) is 62.6 Å². The van der Waals surface area contributed by atoms with Crippen molar-refractivity contribution in [2.24, 2.45) is 10.3 Å². The fourth-order valence-corrected chi connectivity index (χ4v) is 3.67. The predicted octanol–water partition coefficient (Wildman–Crippen LogP) is 6.04. The Balaban J connectivity index is 1.85. The predicted molar refractivity (Wildman–Crippen MR) is 129 cm³/mol. The average molecular weight is 476 g/mol. The zero-order chi connectivity index (χ0) is 24.9. The van der Waals surface area contributed by atoms with Crippen LogP contribution in [0.4, 0.5) is 0 Å². The van der Waals surface area contributed by atoms with Crippen LogP contribution in [0.1, 0.15) is 18.5 Å². The van der Waals surface area contributed by atoms with Gasteiger partial charge >= 0.3 is 0 Å². The molecular weight excluding hydrogens is 452 g/mol. The number of nitroso groups, excluding NO2 is 1. The van der Waals surface area contributed by atoms with Crippen molar-refractivity contribution in [1.29, 1.82) is 0 Å². The second kappa shape index (κ2) is 10.2. The van der Waals surface area contributed by atoms with Crippen molar-refractivity contribution >= 4 is 11.0 Å². The lowest BCUT2D eigenvalue weighted by atomic mass is 10.1. The van der Waals surface area contributed by atoms with Crippen molar-refractivity contribution in [3.8, 4) is 40.1 Å². The molecule has 9 heteroatoms. The van der Waals surface area contributed by atoms with Gasteiger partial charge in [-0.3, -0.25) is 0 Å². The minimum atomic E-state index is -0.468. The SMILES string of the molecule is COc1ccc(-c2cc(=NO)c3c(OC)c(Oc4ccc(C(C)N=O)cc4)c(OC)cc3o2)cc1. The summed E-state index contributed by atoms with van der Waals surface area (Å²) in [5.74, 6) is 2.55. The highest BCUT2D eigenvalue weighted by Crippen LogP contribution is 2.45. The molecule has 1 aromatic heterocycles. The Hall–Kier alpha value is -4.53. The molecule has 0 bridgehead atoms. The number of hydrogen-bond donors (Lipinski definition) is 1. The Morgan fingerprint density at radius 3 is 2.11 bits per heavy atom. The van der Waals surface area contributed by atoms with Gasteiger partial charge in [0.2, 0.25) is 5.75 Å². The van der Waals surface area contributed by atoms with E-state index < -0.39 is 6.04 Å². The Morgan fingerprint density at radius 1 is 0.857 bits per heavy atom. The first-order valence-electron chi connectivity index (χ1n) is 10.7. The zero-order valence-corrected chi connectivity index (χ0v) is 19.6. The first-order chi connectivity index (χ1) is 17.0. The van der Waals surface area contributed by atoms with Gasteiger partial charge in [0, 0.05) is 17.7 Å². The normalized spacial score (nSPS) is 12.3. The molecule has 1 atom stereocenters. The molecule has 1 N–H and O–H groups in total. The van der Waals surface area contributed by atoms with Gasteiger partial charge in [0.15, 0.2) is 11.5 Å². The molecule has 35 heavy (non-hydrogen) atoms. The molecule has 3 aromatic carbocycles. The molecule has 0 radical (unpaired) electrons. The first-order valence-corrected chi connectivity index (χ1v) is 10.7. The summed E-state index contributed by atoms with van der Waals surface area (Å²) in [7, 11) is 4.56. The fourth-order valence-electron chi connectivity index (χ4n) is 3.67. The second-order valence-corrected chi connectivity index (χ2v) is 7.59. The summed E-state index contributed by atoms with van der Waals surface area (Å²) in [6.45, 7) is 1.71. The van der Waals surface area contributed by atoms with Crippen LogP contribution in [0.5, 0.6) is 28.7 Å². The maximum atomic E-state index is 10.8. The lowest BCUT2D eigenvalue weighted by molar-refractivity contribution is 0.301. The van der Waals surface area contributed by atoms with E-state index in [-0.39, 0.29) is 16.9 Å². The second-order valence-electron chi connectivity index (χ2n) is 7.59. The van der Waals surface area contributed by atoms with E-state index in [1.165, 1.54) is 14.2 Å². The average Bonchev–Trinajstić information content (AvgIpc) is 2.92. The van der Waals surface area contributed by atoms with Crippen LogP contribution in [0.2, 0.25) is 0 Å². The molecule has 0 aliphatic heterocycles. The van der Waals surface area contributed by atoms with Gasteiger partial charge in [0.25, 0.3) is 0 Å². The van der Waals surface area contributed by atoms with E-state index in [0.717, 1.165) is 11.1 Å². The summed E-state index contributed by atoms with van der Waals surface area (Å²) < 4.78 is 28.7.